The third-order valence-electron chi connectivity index (χ3n) is 5.24. The number of thioether (sulfide) groups is 1. The Morgan fingerprint density at radius 1 is 1.04 bits per heavy atom. The number of rotatable bonds is 2. The highest BCUT2D eigenvalue weighted by Crippen LogP contribution is 2.44. The van der Waals surface area contributed by atoms with Gasteiger partial charge in [-0.1, -0.05) is 17.8 Å². The van der Waals surface area contributed by atoms with Crippen molar-refractivity contribution in [3.05, 3.63) is 47.5 Å². The topological polar surface area (TPSA) is 26.7 Å². The molecule has 0 unspecified atom stereocenters. The van der Waals surface area contributed by atoms with Gasteiger partial charge in [0, 0.05) is 46.9 Å². The van der Waals surface area contributed by atoms with Crippen LogP contribution >= 0.6 is 23.5 Å². The zero-order chi connectivity index (χ0) is 17.4. The number of phenols is 1. The van der Waals surface area contributed by atoms with E-state index in [4.69, 9.17) is 0 Å². The molecule has 0 aliphatic carbocycles. The minimum atomic E-state index is 0.353. The van der Waals surface area contributed by atoms with E-state index >= 15 is 0 Å². The molecule has 2 aliphatic heterocycles. The predicted molar refractivity (Wildman–Crippen MR) is 106 cm³/mol. The van der Waals surface area contributed by atoms with Gasteiger partial charge in [-0.15, -0.1) is 11.8 Å². The summed E-state index contributed by atoms with van der Waals surface area (Å²) in [7, 11) is 2.21. The fourth-order valence-corrected chi connectivity index (χ4v) is 5.31. The molecule has 3 nitrogen and oxygen atoms in total. The van der Waals surface area contributed by atoms with Crippen LogP contribution in [0.4, 0.5) is 0 Å². The molecule has 0 spiro atoms. The molecule has 2 aromatic rings. The maximum absolute atomic E-state index is 9.92. The number of nitrogens with zero attached hydrogens (tertiary/aromatic N) is 2. The predicted octanol–water partition coefficient (Wildman–Crippen LogP) is 4.11. The Bertz CT molecular complexity index is 772. The molecule has 0 amide bonds. The molecule has 1 atom stereocenters. The summed E-state index contributed by atoms with van der Waals surface area (Å²) in [6, 6.07) is 13.1. The first-order chi connectivity index (χ1) is 12.1. The fourth-order valence-electron chi connectivity index (χ4n) is 3.71. The number of aromatic hydroxyl groups is 1. The number of hydrogen-bond donors (Lipinski definition) is 1. The Kier molecular flexibility index (Phi) is 5.00. The van der Waals surface area contributed by atoms with Crippen LogP contribution in [0.2, 0.25) is 0 Å². The fraction of sp³-hybridized carbons (Fsp3) is 0.400. The van der Waals surface area contributed by atoms with E-state index in [9.17, 15) is 5.11 Å². The summed E-state index contributed by atoms with van der Waals surface area (Å²) in [5, 5.41) is 9.92. The average Bonchev–Trinajstić information content (AvgIpc) is 2.78. The van der Waals surface area contributed by atoms with Gasteiger partial charge >= 0.3 is 0 Å². The number of hydrogen-bond acceptors (Lipinski definition) is 5. The smallest absolute Gasteiger partial charge is 0.116 e. The zero-order valence-electron chi connectivity index (χ0n) is 14.7. The van der Waals surface area contributed by atoms with E-state index < -0.39 is 0 Å². The first kappa shape index (κ1) is 17.3. The number of benzene rings is 2. The Labute approximate surface area is 158 Å². The van der Waals surface area contributed by atoms with Gasteiger partial charge in [0.15, 0.2) is 0 Å². The second kappa shape index (κ2) is 7.23. The summed E-state index contributed by atoms with van der Waals surface area (Å²) in [4.78, 5) is 8.90. The van der Waals surface area contributed by atoms with Crippen molar-refractivity contribution in [2.24, 2.45) is 0 Å². The molecule has 4 rings (SSSR count). The SMILES string of the molecule is CSc1ccc2c(c1)[C@@H](N1CCN(C)CC1)Cc1ccc(O)cc1S2. The maximum atomic E-state index is 9.92. The summed E-state index contributed by atoms with van der Waals surface area (Å²) in [6.45, 7) is 4.48. The van der Waals surface area contributed by atoms with Gasteiger partial charge in [0.05, 0.1) is 0 Å². The second-order valence-electron chi connectivity index (χ2n) is 6.86. The van der Waals surface area contributed by atoms with Crippen LogP contribution in [0.25, 0.3) is 0 Å². The van der Waals surface area contributed by atoms with Crippen LogP contribution in [0.15, 0.2) is 51.1 Å². The lowest BCUT2D eigenvalue weighted by Gasteiger charge is -2.38. The molecule has 25 heavy (non-hydrogen) atoms. The monoisotopic (exact) mass is 372 g/mol. The lowest BCUT2D eigenvalue weighted by atomic mass is 9.96. The van der Waals surface area contributed by atoms with Crippen molar-refractivity contribution in [2.75, 3.05) is 39.5 Å². The van der Waals surface area contributed by atoms with Gasteiger partial charge < -0.3 is 10.0 Å². The van der Waals surface area contributed by atoms with E-state index in [1.807, 2.05) is 23.9 Å². The molecule has 0 radical (unpaired) electrons. The summed E-state index contributed by atoms with van der Waals surface area (Å²) in [5.74, 6) is 0.353. The Morgan fingerprint density at radius 3 is 2.60 bits per heavy atom. The lowest BCUT2D eigenvalue weighted by Crippen LogP contribution is -2.46. The zero-order valence-corrected chi connectivity index (χ0v) is 16.4. The van der Waals surface area contributed by atoms with Crippen LogP contribution < -0.4 is 0 Å². The average molecular weight is 373 g/mol. The number of phenolic OH excluding ortho intramolecular Hbond substituents is 1. The molecule has 1 saturated heterocycles. The van der Waals surface area contributed by atoms with E-state index in [2.05, 4.69) is 47.4 Å². The molecule has 2 aliphatic rings. The van der Waals surface area contributed by atoms with Gasteiger partial charge in [0.2, 0.25) is 0 Å². The van der Waals surface area contributed by atoms with Crippen molar-refractivity contribution in [3.8, 4) is 5.75 Å². The molecule has 0 bridgehead atoms. The molecular weight excluding hydrogens is 348 g/mol. The third kappa shape index (κ3) is 3.56. The summed E-state index contributed by atoms with van der Waals surface area (Å²) < 4.78 is 0. The standard InChI is InChI=1S/C20H24N2OS2/c1-21-7-9-22(10-8-21)18-11-14-3-4-15(23)12-20(14)25-19-6-5-16(24-2)13-17(18)19/h3-6,12-13,18,23H,7-11H2,1-2H3/t18-/m0/s1. The molecular formula is C20H24N2OS2. The Balaban J connectivity index is 1.77. The highest BCUT2D eigenvalue weighted by molar-refractivity contribution is 7.99. The summed E-state index contributed by atoms with van der Waals surface area (Å²) >= 11 is 3.61. The van der Waals surface area contributed by atoms with E-state index in [0.717, 1.165) is 32.6 Å². The maximum Gasteiger partial charge on any atom is 0.116 e. The van der Waals surface area contributed by atoms with Gasteiger partial charge in [-0.2, -0.15) is 0 Å². The van der Waals surface area contributed by atoms with E-state index in [0.29, 0.717) is 11.8 Å². The Hall–Kier alpha value is -1.14. The van der Waals surface area contributed by atoms with Crippen molar-refractivity contribution in [1.29, 1.82) is 0 Å². The first-order valence-electron chi connectivity index (χ1n) is 8.74. The van der Waals surface area contributed by atoms with Crippen LogP contribution in [-0.4, -0.2) is 54.4 Å². The molecule has 0 aromatic heterocycles. The molecule has 0 saturated carbocycles. The minimum Gasteiger partial charge on any atom is -0.508 e. The van der Waals surface area contributed by atoms with E-state index in [1.54, 1.807) is 11.8 Å². The van der Waals surface area contributed by atoms with Crippen molar-refractivity contribution < 1.29 is 5.11 Å². The molecule has 1 N–H and O–H groups in total. The quantitative estimate of drug-likeness (QED) is 0.801. The van der Waals surface area contributed by atoms with Gasteiger partial charge in [-0.05, 0) is 61.2 Å². The van der Waals surface area contributed by atoms with Crippen LogP contribution in [-0.2, 0) is 6.42 Å². The highest BCUT2D eigenvalue weighted by Gasteiger charge is 2.29. The number of piperazine rings is 1. The molecule has 132 valence electrons. The lowest BCUT2D eigenvalue weighted by molar-refractivity contribution is 0.109. The normalized spacial score (nSPS) is 21.4. The van der Waals surface area contributed by atoms with Gasteiger partial charge in [-0.25, -0.2) is 0 Å². The molecule has 2 aromatic carbocycles. The molecule has 1 fully saturated rings. The first-order valence-corrected chi connectivity index (χ1v) is 10.8. The van der Waals surface area contributed by atoms with Gasteiger partial charge in [0.1, 0.15) is 5.75 Å². The van der Waals surface area contributed by atoms with Crippen LogP contribution in [0.5, 0.6) is 5.75 Å². The van der Waals surface area contributed by atoms with Crippen molar-refractivity contribution in [2.45, 2.75) is 27.1 Å². The Morgan fingerprint density at radius 2 is 1.84 bits per heavy atom. The van der Waals surface area contributed by atoms with Crippen molar-refractivity contribution in [3.63, 3.8) is 0 Å². The number of likely N-dealkylation sites (N-methyl/N-ethyl adjacent to an activating group) is 1. The van der Waals surface area contributed by atoms with Gasteiger partial charge in [0.25, 0.3) is 0 Å². The third-order valence-corrected chi connectivity index (χ3v) is 7.16. The van der Waals surface area contributed by atoms with E-state index in [1.165, 1.54) is 25.8 Å². The van der Waals surface area contributed by atoms with Crippen molar-refractivity contribution in [1.82, 2.24) is 9.80 Å². The molecule has 2 heterocycles. The van der Waals surface area contributed by atoms with Crippen LogP contribution in [0.1, 0.15) is 17.2 Å². The highest BCUT2D eigenvalue weighted by atomic mass is 32.2. The largest absolute Gasteiger partial charge is 0.508 e. The van der Waals surface area contributed by atoms with Crippen LogP contribution in [0.3, 0.4) is 0 Å². The van der Waals surface area contributed by atoms with Crippen LogP contribution in [0, 0.1) is 0 Å². The molecule has 5 heteroatoms. The second-order valence-corrected chi connectivity index (χ2v) is 8.82. The summed E-state index contributed by atoms with van der Waals surface area (Å²) in [6.07, 6.45) is 3.15. The van der Waals surface area contributed by atoms with Crippen molar-refractivity contribution >= 4 is 23.5 Å². The minimum absolute atomic E-state index is 0.353. The van der Waals surface area contributed by atoms with E-state index in [-0.39, 0.29) is 0 Å². The summed E-state index contributed by atoms with van der Waals surface area (Å²) in [5.41, 5.74) is 2.78. The van der Waals surface area contributed by atoms with Gasteiger partial charge in [-0.3, -0.25) is 4.90 Å². The number of fused-ring (bicyclic) bond motifs is 2.